The Morgan fingerprint density at radius 2 is 2.00 bits per heavy atom. The van der Waals surface area contributed by atoms with Gasteiger partial charge < -0.3 is 10.6 Å². The minimum Gasteiger partial charge on any atom is -0.382 e. The lowest BCUT2D eigenvalue weighted by atomic mass is 10.0. The molecule has 2 N–H and O–H groups in total. The van der Waals surface area contributed by atoms with E-state index in [1.165, 1.54) is 5.69 Å². The van der Waals surface area contributed by atoms with E-state index in [1.807, 2.05) is 6.07 Å². The quantitative estimate of drug-likeness (QED) is 0.757. The second-order valence-corrected chi connectivity index (χ2v) is 4.02. The number of anilines is 1. The summed E-state index contributed by atoms with van der Waals surface area (Å²) in [6, 6.07) is 10.4. The van der Waals surface area contributed by atoms with Crippen molar-refractivity contribution >= 4 is 11.5 Å². The number of para-hydroxylation sites is 1. The molecule has 0 unspecified atom stereocenters. The van der Waals surface area contributed by atoms with E-state index >= 15 is 0 Å². The van der Waals surface area contributed by atoms with Crippen molar-refractivity contribution < 1.29 is 0 Å². The number of nitrogens with zero attached hydrogens (tertiary/aromatic N) is 3. The van der Waals surface area contributed by atoms with Gasteiger partial charge in [-0.15, -0.1) is 5.10 Å². The molecule has 0 bridgehead atoms. The van der Waals surface area contributed by atoms with E-state index in [0.717, 1.165) is 30.8 Å². The molecule has 0 amide bonds. The number of hydrogen-bond acceptors (Lipinski definition) is 3. The maximum Gasteiger partial charge on any atom is 0.151 e. The molecule has 3 rings (SSSR count). The van der Waals surface area contributed by atoms with Gasteiger partial charge in [0.05, 0.1) is 12.2 Å². The number of nitrogens with two attached hydrogens (primary N) is 1. The van der Waals surface area contributed by atoms with Gasteiger partial charge in [-0.25, -0.2) is 0 Å². The predicted molar refractivity (Wildman–Crippen MR) is 64.1 cm³/mol. The topological polar surface area (TPSA) is 55.7 Å². The third kappa shape index (κ3) is 1.43. The number of hydrogen-bond donors (Lipinski definition) is 1. The lowest BCUT2D eigenvalue weighted by molar-refractivity contribution is 0.727. The third-order valence-corrected chi connectivity index (χ3v) is 3.03. The van der Waals surface area contributed by atoms with E-state index in [9.17, 15) is 0 Å². The van der Waals surface area contributed by atoms with Crippen LogP contribution >= 0.6 is 0 Å². The van der Waals surface area contributed by atoms with Crippen LogP contribution in [0.2, 0.25) is 0 Å². The molecule has 2 heterocycles. The van der Waals surface area contributed by atoms with E-state index in [4.69, 9.17) is 5.73 Å². The zero-order chi connectivity index (χ0) is 11.0. The lowest BCUT2D eigenvalue weighted by Gasteiger charge is -2.29. The second-order valence-electron chi connectivity index (χ2n) is 4.02. The molecule has 0 aliphatic carbocycles. The highest BCUT2D eigenvalue weighted by Gasteiger charge is 2.25. The molecule has 0 saturated carbocycles. The first kappa shape index (κ1) is 9.27. The fraction of sp³-hybridized carbons (Fsp3) is 0.250. The molecule has 1 radical (unpaired) electrons. The summed E-state index contributed by atoms with van der Waals surface area (Å²) in [5.41, 5.74) is 13.3. The Bertz CT molecular complexity index is 461. The maximum atomic E-state index is 5.75. The van der Waals surface area contributed by atoms with E-state index in [1.54, 1.807) is 0 Å². The van der Waals surface area contributed by atoms with Crippen LogP contribution in [0.15, 0.2) is 46.7 Å². The fourth-order valence-corrected chi connectivity index (χ4v) is 2.15. The Morgan fingerprint density at radius 3 is 2.81 bits per heavy atom. The first-order valence-corrected chi connectivity index (χ1v) is 5.41. The smallest absolute Gasteiger partial charge is 0.151 e. The van der Waals surface area contributed by atoms with Gasteiger partial charge in [0, 0.05) is 17.8 Å². The molecule has 81 valence electrons. The van der Waals surface area contributed by atoms with Crippen LogP contribution < -0.4 is 16.1 Å². The number of rotatable bonds is 1. The van der Waals surface area contributed by atoms with Crippen LogP contribution in [0.5, 0.6) is 0 Å². The molecule has 1 aromatic rings. The monoisotopic (exact) mass is 213 g/mol. The van der Waals surface area contributed by atoms with E-state index in [-0.39, 0.29) is 0 Å². The van der Waals surface area contributed by atoms with Crippen LogP contribution in [-0.2, 0) is 0 Å². The molecule has 4 heteroatoms. The zero-order valence-corrected chi connectivity index (χ0v) is 8.93. The van der Waals surface area contributed by atoms with Gasteiger partial charge >= 0.3 is 0 Å². The fourth-order valence-electron chi connectivity index (χ4n) is 2.15. The van der Waals surface area contributed by atoms with E-state index in [2.05, 4.69) is 39.7 Å². The van der Waals surface area contributed by atoms with Gasteiger partial charge in [-0.2, -0.15) is 5.43 Å². The van der Waals surface area contributed by atoms with Gasteiger partial charge in [0.25, 0.3) is 0 Å². The minimum atomic E-state index is 0.600. The normalized spacial score (nSPS) is 19.2. The van der Waals surface area contributed by atoms with Crippen molar-refractivity contribution in [2.75, 3.05) is 18.0 Å². The lowest BCUT2D eigenvalue weighted by Crippen LogP contribution is -2.33. The largest absolute Gasteiger partial charge is 0.382 e. The maximum absolute atomic E-state index is 5.75. The van der Waals surface area contributed by atoms with Crippen molar-refractivity contribution in [2.24, 2.45) is 10.8 Å². The second kappa shape index (κ2) is 3.56. The molecule has 4 nitrogen and oxygen atoms in total. The molecule has 16 heavy (non-hydrogen) atoms. The molecule has 0 saturated heterocycles. The SMILES string of the molecule is NC1=N[N]C2=C1CCN(c1ccccc1)C2. The number of amidine groups is 1. The van der Waals surface area contributed by atoms with Crippen LogP contribution in [0.1, 0.15) is 6.42 Å². The summed E-state index contributed by atoms with van der Waals surface area (Å²) in [6.07, 6.45) is 0.934. The van der Waals surface area contributed by atoms with Crippen LogP contribution in [-0.4, -0.2) is 18.9 Å². The highest BCUT2D eigenvalue weighted by atomic mass is 15.4. The highest BCUT2D eigenvalue weighted by molar-refractivity contribution is 5.99. The average Bonchev–Trinajstić information content (AvgIpc) is 2.72. The van der Waals surface area contributed by atoms with E-state index in [0.29, 0.717) is 5.84 Å². The first-order chi connectivity index (χ1) is 7.84. The van der Waals surface area contributed by atoms with Crippen LogP contribution in [0.3, 0.4) is 0 Å². The summed E-state index contributed by atoms with van der Waals surface area (Å²) in [7, 11) is 0. The Balaban J connectivity index is 1.83. The third-order valence-electron chi connectivity index (χ3n) is 3.03. The van der Waals surface area contributed by atoms with Gasteiger partial charge in [-0.3, -0.25) is 0 Å². The highest BCUT2D eigenvalue weighted by Crippen LogP contribution is 2.25. The van der Waals surface area contributed by atoms with Crippen molar-refractivity contribution in [3.63, 3.8) is 0 Å². The first-order valence-electron chi connectivity index (χ1n) is 5.41. The zero-order valence-electron chi connectivity index (χ0n) is 8.93. The summed E-state index contributed by atoms with van der Waals surface area (Å²) in [5.74, 6) is 0.600. The Hall–Kier alpha value is -1.97. The average molecular weight is 213 g/mol. The molecular formula is C12H13N4. The molecule has 0 spiro atoms. The predicted octanol–water partition coefficient (Wildman–Crippen LogP) is 1.04. The Kier molecular flexibility index (Phi) is 2.06. The molecule has 0 atom stereocenters. The van der Waals surface area contributed by atoms with Gasteiger partial charge in [0.15, 0.2) is 5.84 Å². The summed E-state index contributed by atoms with van der Waals surface area (Å²) in [6.45, 7) is 1.79. The molecule has 0 fully saturated rings. The van der Waals surface area contributed by atoms with Crippen LogP contribution in [0, 0.1) is 0 Å². The summed E-state index contributed by atoms with van der Waals surface area (Å²) < 4.78 is 0. The van der Waals surface area contributed by atoms with Gasteiger partial charge in [0.2, 0.25) is 0 Å². The van der Waals surface area contributed by atoms with Gasteiger partial charge in [-0.1, -0.05) is 18.2 Å². The summed E-state index contributed by atoms with van der Waals surface area (Å²) in [5, 5.41) is 3.93. The van der Waals surface area contributed by atoms with Crippen molar-refractivity contribution in [3.8, 4) is 0 Å². The van der Waals surface area contributed by atoms with Crippen LogP contribution in [0.4, 0.5) is 5.69 Å². The van der Waals surface area contributed by atoms with Crippen molar-refractivity contribution in [3.05, 3.63) is 41.6 Å². The van der Waals surface area contributed by atoms with Crippen molar-refractivity contribution in [2.45, 2.75) is 6.42 Å². The Labute approximate surface area is 94.4 Å². The summed E-state index contributed by atoms with van der Waals surface area (Å²) >= 11 is 0. The standard InChI is InChI=1S/C12H13N4/c13-12-10-6-7-16(8-11(10)14-15-12)9-4-2-1-3-5-9/h1-5H,6-8H2,(H2,13,15). The molecule has 2 aliphatic heterocycles. The van der Waals surface area contributed by atoms with Crippen molar-refractivity contribution in [1.29, 1.82) is 0 Å². The molecular weight excluding hydrogens is 200 g/mol. The van der Waals surface area contributed by atoms with Gasteiger partial charge in [-0.05, 0) is 18.6 Å². The summed E-state index contributed by atoms with van der Waals surface area (Å²) in [4.78, 5) is 2.30. The number of benzene rings is 1. The van der Waals surface area contributed by atoms with Gasteiger partial charge in [0.1, 0.15) is 0 Å². The Morgan fingerprint density at radius 1 is 1.19 bits per heavy atom. The van der Waals surface area contributed by atoms with E-state index < -0.39 is 0 Å². The van der Waals surface area contributed by atoms with Crippen LogP contribution in [0.25, 0.3) is 0 Å². The molecule has 0 aromatic heterocycles. The molecule has 2 aliphatic rings. The van der Waals surface area contributed by atoms with Crippen molar-refractivity contribution in [1.82, 2.24) is 5.43 Å². The molecule has 1 aromatic carbocycles. The minimum absolute atomic E-state index is 0.600.